The van der Waals surface area contributed by atoms with Gasteiger partial charge in [-0.25, -0.2) is 14.6 Å². The van der Waals surface area contributed by atoms with Crippen molar-refractivity contribution in [1.29, 1.82) is 0 Å². The first-order chi connectivity index (χ1) is 9.58. The van der Waals surface area contributed by atoms with Gasteiger partial charge in [0, 0.05) is 24.7 Å². The standard InChI is InChI=1S/C13H14BrN5O/c1-8(2)12-15-7-9(14)11(17-12)13(20)18-5-6-19-10(18)3-4-16-19/h3-4,7-8H,5-6H2,1-2H3. The molecule has 1 amide bonds. The van der Waals surface area contributed by atoms with E-state index in [0.717, 1.165) is 5.82 Å². The fourth-order valence-electron chi connectivity index (χ4n) is 2.18. The molecule has 1 aliphatic rings. The minimum absolute atomic E-state index is 0.125. The van der Waals surface area contributed by atoms with Crippen molar-refractivity contribution in [1.82, 2.24) is 19.7 Å². The molecule has 3 rings (SSSR count). The molecule has 6 nitrogen and oxygen atoms in total. The lowest BCUT2D eigenvalue weighted by Gasteiger charge is -2.15. The molecular weight excluding hydrogens is 322 g/mol. The van der Waals surface area contributed by atoms with Gasteiger partial charge in [0.1, 0.15) is 17.3 Å². The third-order valence-corrected chi connectivity index (χ3v) is 3.81. The maximum Gasteiger partial charge on any atom is 0.279 e. The minimum atomic E-state index is -0.125. The fraction of sp³-hybridized carbons (Fsp3) is 0.385. The van der Waals surface area contributed by atoms with Gasteiger partial charge in [0.25, 0.3) is 5.91 Å². The number of hydrogen-bond acceptors (Lipinski definition) is 4. The number of amides is 1. The topological polar surface area (TPSA) is 63.9 Å². The molecule has 0 radical (unpaired) electrons. The van der Waals surface area contributed by atoms with Gasteiger partial charge in [-0.2, -0.15) is 5.10 Å². The van der Waals surface area contributed by atoms with E-state index in [1.165, 1.54) is 0 Å². The molecule has 0 unspecified atom stereocenters. The maximum absolute atomic E-state index is 12.7. The van der Waals surface area contributed by atoms with Gasteiger partial charge in [-0.05, 0) is 15.9 Å². The number of hydrogen-bond donors (Lipinski definition) is 0. The molecule has 104 valence electrons. The Morgan fingerprint density at radius 1 is 1.40 bits per heavy atom. The number of anilines is 1. The molecule has 0 atom stereocenters. The van der Waals surface area contributed by atoms with Gasteiger partial charge in [0.05, 0.1) is 17.2 Å². The van der Waals surface area contributed by atoms with Crippen LogP contribution in [0.2, 0.25) is 0 Å². The molecule has 1 aliphatic heterocycles. The van der Waals surface area contributed by atoms with Crippen molar-refractivity contribution in [2.75, 3.05) is 11.4 Å². The van der Waals surface area contributed by atoms with E-state index in [0.29, 0.717) is 29.1 Å². The first-order valence-electron chi connectivity index (χ1n) is 6.44. The number of fused-ring (bicyclic) bond motifs is 1. The van der Waals surface area contributed by atoms with Crippen LogP contribution in [0.15, 0.2) is 22.9 Å². The van der Waals surface area contributed by atoms with Crippen LogP contribution < -0.4 is 4.90 Å². The van der Waals surface area contributed by atoms with Crippen molar-refractivity contribution in [3.05, 3.63) is 34.5 Å². The predicted molar refractivity (Wildman–Crippen MR) is 77.7 cm³/mol. The first-order valence-corrected chi connectivity index (χ1v) is 7.23. The van der Waals surface area contributed by atoms with Crippen molar-refractivity contribution < 1.29 is 4.79 Å². The van der Waals surface area contributed by atoms with E-state index in [9.17, 15) is 4.79 Å². The van der Waals surface area contributed by atoms with Crippen molar-refractivity contribution >= 4 is 27.7 Å². The van der Waals surface area contributed by atoms with E-state index >= 15 is 0 Å². The number of nitrogens with zero attached hydrogens (tertiary/aromatic N) is 5. The molecular formula is C13H14BrN5O. The average Bonchev–Trinajstić information content (AvgIpc) is 3.00. The monoisotopic (exact) mass is 335 g/mol. The van der Waals surface area contributed by atoms with E-state index in [1.54, 1.807) is 17.3 Å². The van der Waals surface area contributed by atoms with Gasteiger partial charge in [0.15, 0.2) is 0 Å². The molecule has 0 fully saturated rings. The van der Waals surface area contributed by atoms with Crippen LogP contribution in [0.3, 0.4) is 0 Å². The second kappa shape index (κ2) is 4.97. The van der Waals surface area contributed by atoms with Gasteiger partial charge in [-0.3, -0.25) is 9.69 Å². The van der Waals surface area contributed by atoms with Crippen molar-refractivity contribution in [3.8, 4) is 0 Å². The molecule has 3 heterocycles. The molecule has 0 saturated heterocycles. The smallest absolute Gasteiger partial charge is 0.279 e. The molecule has 0 spiro atoms. The van der Waals surface area contributed by atoms with Crippen LogP contribution in [0.25, 0.3) is 0 Å². The lowest BCUT2D eigenvalue weighted by molar-refractivity contribution is 0.0983. The summed E-state index contributed by atoms with van der Waals surface area (Å²) < 4.78 is 2.43. The predicted octanol–water partition coefficient (Wildman–Crippen LogP) is 2.22. The van der Waals surface area contributed by atoms with Crippen LogP contribution in [-0.4, -0.2) is 32.2 Å². The number of carbonyl (C=O) groups is 1. The summed E-state index contributed by atoms with van der Waals surface area (Å²) in [6, 6.07) is 1.84. The minimum Gasteiger partial charge on any atom is -0.290 e. The molecule has 0 aliphatic carbocycles. The average molecular weight is 336 g/mol. The van der Waals surface area contributed by atoms with Gasteiger partial charge in [0.2, 0.25) is 0 Å². The molecule has 2 aromatic heterocycles. The van der Waals surface area contributed by atoms with E-state index < -0.39 is 0 Å². The second-order valence-electron chi connectivity index (χ2n) is 4.95. The largest absolute Gasteiger partial charge is 0.290 e. The Kier molecular flexibility index (Phi) is 3.29. The highest BCUT2D eigenvalue weighted by molar-refractivity contribution is 9.10. The van der Waals surface area contributed by atoms with Gasteiger partial charge in [-0.1, -0.05) is 13.8 Å². The normalized spacial score (nSPS) is 13.9. The number of carbonyl (C=O) groups excluding carboxylic acids is 1. The van der Waals surface area contributed by atoms with Crippen molar-refractivity contribution in [3.63, 3.8) is 0 Å². The van der Waals surface area contributed by atoms with Gasteiger partial charge < -0.3 is 0 Å². The first kappa shape index (κ1) is 13.2. The number of halogens is 1. The summed E-state index contributed by atoms with van der Waals surface area (Å²) in [6.07, 6.45) is 3.34. The van der Waals surface area contributed by atoms with Crippen LogP contribution in [0.5, 0.6) is 0 Å². The zero-order valence-corrected chi connectivity index (χ0v) is 12.8. The quantitative estimate of drug-likeness (QED) is 0.844. The summed E-state index contributed by atoms with van der Waals surface area (Å²) >= 11 is 3.36. The second-order valence-corrected chi connectivity index (χ2v) is 5.80. The number of aromatic nitrogens is 4. The third kappa shape index (κ3) is 2.11. The van der Waals surface area contributed by atoms with E-state index in [1.807, 2.05) is 24.6 Å². The molecule has 0 saturated carbocycles. The molecule has 2 aromatic rings. The summed E-state index contributed by atoms with van der Waals surface area (Å²) in [5, 5.41) is 4.17. The summed E-state index contributed by atoms with van der Waals surface area (Å²) in [5.41, 5.74) is 0.401. The zero-order chi connectivity index (χ0) is 14.3. The Labute approximate surface area is 125 Å². The molecule has 0 N–H and O–H groups in total. The number of rotatable bonds is 2. The summed E-state index contributed by atoms with van der Waals surface area (Å²) in [6.45, 7) is 5.34. The highest BCUT2D eigenvalue weighted by Gasteiger charge is 2.28. The lowest BCUT2D eigenvalue weighted by Crippen LogP contribution is -2.30. The van der Waals surface area contributed by atoms with Gasteiger partial charge in [-0.15, -0.1) is 0 Å². The van der Waals surface area contributed by atoms with E-state index in [-0.39, 0.29) is 11.8 Å². The van der Waals surface area contributed by atoms with Crippen LogP contribution in [-0.2, 0) is 6.54 Å². The summed E-state index contributed by atoms with van der Waals surface area (Å²) in [4.78, 5) is 23.0. The third-order valence-electron chi connectivity index (χ3n) is 3.23. The fourth-order valence-corrected chi connectivity index (χ4v) is 2.54. The molecule has 0 bridgehead atoms. The molecule has 20 heavy (non-hydrogen) atoms. The van der Waals surface area contributed by atoms with Crippen molar-refractivity contribution in [2.24, 2.45) is 0 Å². The van der Waals surface area contributed by atoms with Crippen LogP contribution >= 0.6 is 15.9 Å². The van der Waals surface area contributed by atoms with Crippen LogP contribution in [0.4, 0.5) is 5.82 Å². The Balaban J connectivity index is 1.97. The molecule has 0 aromatic carbocycles. The lowest BCUT2D eigenvalue weighted by atomic mass is 10.2. The highest BCUT2D eigenvalue weighted by atomic mass is 79.9. The zero-order valence-electron chi connectivity index (χ0n) is 11.2. The summed E-state index contributed by atoms with van der Waals surface area (Å²) in [7, 11) is 0. The van der Waals surface area contributed by atoms with E-state index in [2.05, 4.69) is 31.0 Å². The Bertz CT molecular complexity index is 667. The Morgan fingerprint density at radius 2 is 2.20 bits per heavy atom. The van der Waals surface area contributed by atoms with Crippen molar-refractivity contribution in [2.45, 2.75) is 26.3 Å². The highest BCUT2D eigenvalue weighted by Crippen LogP contribution is 2.25. The molecule has 7 heteroatoms. The van der Waals surface area contributed by atoms with Gasteiger partial charge >= 0.3 is 0 Å². The SMILES string of the molecule is CC(C)c1ncc(Br)c(C(=O)N2CCn3nccc32)n1. The maximum atomic E-state index is 12.7. The Morgan fingerprint density at radius 3 is 2.95 bits per heavy atom. The van der Waals surface area contributed by atoms with Crippen LogP contribution in [0, 0.1) is 0 Å². The summed E-state index contributed by atoms with van der Waals surface area (Å²) in [5.74, 6) is 1.54. The van der Waals surface area contributed by atoms with E-state index in [4.69, 9.17) is 0 Å². The van der Waals surface area contributed by atoms with Crippen LogP contribution in [0.1, 0.15) is 36.1 Å². The Hall–Kier alpha value is -1.76.